The van der Waals surface area contributed by atoms with E-state index in [2.05, 4.69) is 235 Å². The Hall–Kier alpha value is -7.66. The van der Waals surface area contributed by atoms with Gasteiger partial charge in [0.1, 0.15) is 0 Å². The van der Waals surface area contributed by atoms with E-state index in [0.29, 0.717) is 0 Å². The van der Waals surface area contributed by atoms with E-state index in [9.17, 15) is 0 Å². The Morgan fingerprint density at radius 3 is 1.66 bits per heavy atom. The molecule has 0 unspecified atom stereocenters. The Morgan fingerprint density at radius 2 is 0.984 bits per heavy atom. The van der Waals surface area contributed by atoms with Crippen LogP contribution >= 0.6 is 11.3 Å². The monoisotopic (exact) mass is 830 g/mol. The maximum atomic E-state index is 2.61. The molecule has 0 radical (unpaired) electrons. The second-order valence-corrected chi connectivity index (χ2v) is 18.6. The summed E-state index contributed by atoms with van der Waals surface area (Å²) in [4.78, 5) is 6.55. The molecule has 0 bridgehead atoms. The molecule has 0 N–H and O–H groups in total. The van der Waals surface area contributed by atoms with Crippen LogP contribution in [-0.4, -0.2) is 6.71 Å². The highest BCUT2D eigenvalue weighted by Gasteiger charge is 2.56. The van der Waals surface area contributed by atoms with Crippen LogP contribution in [0.25, 0.3) is 44.5 Å². The van der Waals surface area contributed by atoms with Crippen molar-refractivity contribution < 1.29 is 0 Å². The smallest absolute Gasteiger partial charge is 0.264 e. The van der Waals surface area contributed by atoms with Crippen LogP contribution in [0.5, 0.6) is 0 Å². The fraction of sp³-hybridized carbons (Fsp3) is 0.0333. The van der Waals surface area contributed by atoms with Gasteiger partial charge in [-0.3, -0.25) is 0 Å². The van der Waals surface area contributed by atoms with Gasteiger partial charge in [0, 0.05) is 43.7 Å². The van der Waals surface area contributed by atoms with Crippen molar-refractivity contribution in [2.24, 2.45) is 0 Å². The zero-order valence-corrected chi connectivity index (χ0v) is 36.0. The second-order valence-electron chi connectivity index (χ2n) is 17.6. The molecular formula is C60H39BN2S. The predicted molar refractivity (Wildman–Crippen MR) is 270 cm³/mol. The molecule has 14 rings (SSSR count). The molecule has 10 aromatic rings. The SMILES string of the molecule is Cc1ccc2c(c1)C1(c3ccccc3-c3ccccc31)c1sc3c(c1-2)N(c1ccccc1)c1cccc2c1B3c1ccc(-c3ccccc3-c3ccccc3)cc1N2c1ccccc1. The molecule has 298 valence electrons. The summed E-state index contributed by atoms with van der Waals surface area (Å²) in [6, 6.07) is 81.6. The third-order valence-electron chi connectivity index (χ3n) is 14.3. The minimum absolute atomic E-state index is 0.00276. The number of rotatable bonds is 4. The minimum atomic E-state index is -0.443. The maximum absolute atomic E-state index is 2.61. The van der Waals surface area contributed by atoms with Crippen LogP contribution < -0.4 is 25.5 Å². The first-order valence-electron chi connectivity index (χ1n) is 22.3. The van der Waals surface area contributed by atoms with Crippen LogP contribution in [0, 0.1) is 6.92 Å². The molecule has 1 aromatic heterocycles. The highest BCUT2D eigenvalue weighted by atomic mass is 32.1. The Kier molecular flexibility index (Phi) is 7.53. The Morgan fingerprint density at radius 1 is 0.422 bits per heavy atom. The summed E-state index contributed by atoms with van der Waals surface area (Å²) in [5.41, 5.74) is 25.2. The lowest BCUT2D eigenvalue weighted by atomic mass is 9.36. The van der Waals surface area contributed by atoms with E-state index in [0.717, 1.165) is 5.69 Å². The summed E-state index contributed by atoms with van der Waals surface area (Å²) in [7, 11) is 0. The summed E-state index contributed by atoms with van der Waals surface area (Å²) < 4.78 is 1.40. The van der Waals surface area contributed by atoms with Gasteiger partial charge in [0.15, 0.2) is 0 Å². The minimum Gasteiger partial charge on any atom is -0.311 e. The highest BCUT2D eigenvalue weighted by Crippen LogP contribution is 2.67. The summed E-state index contributed by atoms with van der Waals surface area (Å²) in [6.07, 6.45) is 0. The van der Waals surface area contributed by atoms with Gasteiger partial charge >= 0.3 is 0 Å². The van der Waals surface area contributed by atoms with Crippen molar-refractivity contribution in [1.82, 2.24) is 0 Å². The van der Waals surface area contributed by atoms with Gasteiger partial charge in [0.05, 0.1) is 11.1 Å². The molecule has 0 saturated carbocycles. The van der Waals surface area contributed by atoms with Crippen LogP contribution in [0.15, 0.2) is 218 Å². The fourth-order valence-electron chi connectivity index (χ4n) is 11.8. The molecule has 2 nitrogen and oxygen atoms in total. The van der Waals surface area contributed by atoms with E-state index in [4.69, 9.17) is 0 Å². The van der Waals surface area contributed by atoms with Crippen molar-refractivity contribution in [1.29, 1.82) is 0 Å². The largest absolute Gasteiger partial charge is 0.311 e. The molecular weight excluding hydrogens is 792 g/mol. The van der Waals surface area contributed by atoms with Gasteiger partial charge in [0.2, 0.25) is 0 Å². The van der Waals surface area contributed by atoms with Crippen LogP contribution in [0.2, 0.25) is 0 Å². The van der Waals surface area contributed by atoms with Gasteiger partial charge in [0.25, 0.3) is 6.71 Å². The van der Waals surface area contributed by atoms with Crippen molar-refractivity contribution in [2.45, 2.75) is 12.3 Å². The lowest BCUT2D eigenvalue weighted by molar-refractivity contribution is 0.810. The third-order valence-corrected chi connectivity index (χ3v) is 15.7. The lowest BCUT2D eigenvalue weighted by Crippen LogP contribution is -2.60. The standard InChI is InChI=1S/C60H39BN2S/c1-38-32-34-47-50(36-38)60(48-28-15-13-26-45(48)46-27-14-16-29-49(46)60)58-55(47)57-59(64-58)61-51-35-33-40(44-25-12-11-24-43(44)39-18-5-2-6-19-39)37-54(51)62(41-20-7-3-8-21-41)52-30-17-31-53(56(52)61)63(57)42-22-9-4-10-23-42/h2-37H,1H3. The molecule has 3 heterocycles. The molecule has 64 heavy (non-hydrogen) atoms. The van der Waals surface area contributed by atoms with Gasteiger partial charge in [-0.05, 0) is 116 Å². The summed E-state index contributed by atoms with van der Waals surface area (Å²) in [5, 5.41) is 0. The van der Waals surface area contributed by atoms with Crippen LogP contribution in [0.3, 0.4) is 0 Å². The lowest BCUT2D eigenvalue weighted by Gasteiger charge is -2.43. The van der Waals surface area contributed by atoms with Gasteiger partial charge in [-0.1, -0.05) is 181 Å². The number of fused-ring (bicyclic) bond motifs is 15. The molecule has 1 spiro atoms. The molecule has 0 saturated heterocycles. The first-order chi connectivity index (χ1) is 31.7. The number of hydrogen-bond donors (Lipinski definition) is 0. The zero-order chi connectivity index (χ0) is 42.1. The number of thiophene rings is 1. The average Bonchev–Trinajstić information content (AvgIpc) is 3.98. The van der Waals surface area contributed by atoms with Gasteiger partial charge in [-0.25, -0.2) is 0 Å². The fourth-order valence-corrected chi connectivity index (χ4v) is 13.5. The molecule has 2 aliphatic heterocycles. The predicted octanol–water partition coefficient (Wildman–Crippen LogP) is 13.8. The summed E-state index contributed by atoms with van der Waals surface area (Å²) in [5.74, 6) is 0. The van der Waals surface area contributed by atoms with Crippen molar-refractivity contribution >= 4 is 67.9 Å². The second kappa shape index (κ2) is 13.4. The van der Waals surface area contributed by atoms with Crippen molar-refractivity contribution in [3.8, 4) is 44.5 Å². The number of anilines is 6. The summed E-state index contributed by atoms with van der Waals surface area (Å²) in [6.45, 7) is 2.25. The van der Waals surface area contributed by atoms with Crippen molar-refractivity contribution in [3.63, 3.8) is 0 Å². The molecule has 9 aromatic carbocycles. The number of para-hydroxylation sites is 2. The van der Waals surface area contributed by atoms with E-state index in [1.54, 1.807) is 0 Å². The molecule has 0 amide bonds. The zero-order valence-electron chi connectivity index (χ0n) is 35.2. The van der Waals surface area contributed by atoms with Crippen molar-refractivity contribution in [2.75, 3.05) is 9.80 Å². The Bertz CT molecular complexity index is 3490. The average molecular weight is 831 g/mol. The van der Waals surface area contributed by atoms with Gasteiger partial charge < -0.3 is 9.80 Å². The Labute approximate surface area is 378 Å². The van der Waals surface area contributed by atoms with E-state index < -0.39 is 5.41 Å². The topological polar surface area (TPSA) is 6.48 Å². The van der Waals surface area contributed by atoms with Crippen LogP contribution in [0.1, 0.15) is 27.1 Å². The third kappa shape index (κ3) is 4.70. The number of nitrogens with zero attached hydrogens (tertiary/aromatic N) is 2. The number of benzene rings is 9. The molecule has 4 aliphatic rings. The molecule has 0 atom stereocenters. The number of aryl methyl sites for hydroxylation is 1. The highest BCUT2D eigenvalue weighted by molar-refractivity contribution is 7.30. The normalized spacial score (nSPS) is 14.0. The van der Waals surface area contributed by atoms with E-state index in [-0.39, 0.29) is 6.71 Å². The van der Waals surface area contributed by atoms with Crippen molar-refractivity contribution in [3.05, 3.63) is 246 Å². The van der Waals surface area contributed by atoms with E-state index in [1.807, 2.05) is 11.3 Å². The van der Waals surface area contributed by atoms with E-state index in [1.165, 1.54) is 116 Å². The van der Waals surface area contributed by atoms with Crippen LogP contribution in [0.4, 0.5) is 34.1 Å². The van der Waals surface area contributed by atoms with Gasteiger partial charge in [-0.2, -0.15) is 0 Å². The first-order valence-corrected chi connectivity index (χ1v) is 23.1. The first kappa shape index (κ1) is 35.9. The van der Waals surface area contributed by atoms with Crippen LogP contribution in [-0.2, 0) is 5.41 Å². The number of hydrogen-bond acceptors (Lipinski definition) is 3. The molecule has 4 heteroatoms. The quantitative estimate of drug-likeness (QED) is 0.163. The maximum Gasteiger partial charge on any atom is 0.264 e. The molecule has 2 aliphatic carbocycles. The molecule has 0 fully saturated rings. The summed E-state index contributed by atoms with van der Waals surface area (Å²) >= 11 is 2.05. The Balaban J connectivity index is 1.10. The van der Waals surface area contributed by atoms with Gasteiger partial charge in [-0.15, -0.1) is 11.3 Å². The van der Waals surface area contributed by atoms with E-state index >= 15 is 0 Å².